The molecule has 2 fully saturated rings. The first kappa shape index (κ1) is 21.0. The van der Waals surface area contributed by atoms with Gasteiger partial charge in [0.25, 0.3) is 0 Å². The summed E-state index contributed by atoms with van der Waals surface area (Å²) in [6.45, 7) is 4.70. The minimum absolute atomic E-state index is 0.0137. The summed E-state index contributed by atoms with van der Waals surface area (Å²) in [6, 6.07) is 33.9. The SMILES string of the molecule is CC1(C)c2ccccc2-c2ccc(-c3ccccc3Nc3ccc(C4CC5CCC4C5)cc3)cc21. The Morgan fingerprint density at radius 2 is 1.43 bits per heavy atom. The fraction of sp³-hybridized carbons (Fsp3) is 0.294. The predicted octanol–water partition coefficient (Wildman–Crippen LogP) is 9.31. The molecule has 174 valence electrons. The van der Waals surface area contributed by atoms with Gasteiger partial charge in [-0.15, -0.1) is 0 Å². The largest absolute Gasteiger partial charge is 0.355 e. The van der Waals surface area contributed by atoms with Gasteiger partial charge in [-0.25, -0.2) is 0 Å². The highest BCUT2D eigenvalue weighted by Gasteiger charge is 2.40. The van der Waals surface area contributed by atoms with Crippen LogP contribution in [-0.2, 0) is 5.41 Å². The van der Waals surface area contributed by atoms with E-state index in [0.29, 0.717) is 0 Å². The molecule has 3 aliphatic rings. The quantitative estimate of drug-likeness (QED) is 0.323. The molecule has 35 heavy (non-hydrogen) atoms. The van der Waals surface area contributed by atoms with Gasteiger partial charge in [0, 0.05) is 22.4 Å². The van der Waals surface area contributed by atoms with E-state index in [1.807, 2.05) is 0 Å². The van der Waals surface area contributed by atoms with E-state index in [9.17, 15) is 0 Å². The van der Waals surface area contributed by atoms with Crippen molar-refractivity contribution in [2.75, 3.05) is 5.32 Å². The van der Waals surface area contributed by atoms with E-state index in [-0.39, 0.29) is 5.41 Å². The van der Waals surface area contributed by atoms with Crippen molar-refractivity contribution >= 4 is 11.4 Å². The van der Waals surface area contributed by atoms with Gasteiger partial charge in [0.15, 0.2) is 0 Å². The van der Waals surface area contributed by atoms with E-state index in [1.165, 1.54) is 70.3 Å². The molecule has 0 saturated heterocycles. The lowest BCUT2D eigenvalue weighted by Crippen LogP contribution is -2.14. The normalized spacial score (nSPS) is 23.2. The first-order valence-electron chi connectivity index (χ1n) is 13.3. The Kier molecular flexibility index (Phi) is 4.71. The lowest BCUT2D eigenvalue weighted by molar-refractivity contribution is 0.420. The fourth-order valence-electron chi connectivity index (χ4n) is 7.34. The van der Waals surface area contributed by atoms with Gasteiger partial charge >= 0.3 is 0 Å². The summed E-state index contributed by atoms with van der Waals surface area (Å²) in [5, 5.41) is 3.73. The molecule has 0 spiro atoms. The van der Waals surface area contributed by atoms with Gasteiger partial charge in [-0.3, -0.25) is 0 Å². The van der Waals surface area contributed by atoms with Crippen molar-refractivity contribution in [2.24, 2.45) is 11.8 Å². The van der Waals surface area contributed by atoms with Crippen LogP contribution in [0.2, 0.25) is 0 Å². The lowest BCUT2D eigenvalue weighted by Gasteiger charge is -2.23. The Balaban J connectivity index is 1.19. The van der Waals surface area contributed by atoms with Gasteiger partial charge in [-0.05, 0) is 94.7 Å². The summed E-state index contributed by atoms with van der Waals surface area (Å²) in [4.78, 5) is 0. The molecule has 0 aliphatic heterocycles. The first-order valence-corrected chi connectivity index (χ1v) is 13.3. The zero-order valence-electron chi connectivity index (χ0n) is 20.7. The summed E-state index contributed by atoms with van der Waals surface area (Å²) >= 11 is 0. The Hall–Kier alpha value is -3.32. The lowest BCUT2D eigenvalue weighted by atomic mass is 9.81. The van der Waals surface area contributed by atoms with Crippen LogP contribution in [-0.4, -0.2) is 0 Å². The zero-order chi connectivity index (χ0) is 23.6. The minimum Gasteiger partial charge on any atom is -0.355 e. The molecule has 4 aromatic rings. The Morgan fingerprint density at radius 1 is 0.686 bits per heavy atom. The molecule has 2 bridgehead atoms. The number of rotatable bonds is 4. The van der Waals surface area contributed by atoms with Crippen LogP contribution in [0.1, 0.15) is 62.1 Å². The minimum atomic E-state index is 0.0137. The second-order valence-corrected chi connectivity index (χ2v) is 11.5. The third-order valence-corrected chi connectivity index (χ3v) is 9.18. The number of para-hydroxylation sites is 1. The number of hydrogen-bond donors (Lipinski definition) is 1. The van der Waals surface area contributed by atoms with Crippen LogP contribution in [0.5, 0.6) is 0 Å². The number of fused-ring (bicyclic) bond motifs is 5. The second-order valence-electron chi connectivity index (χ2n) is 11.5. The van der Waals surface area contributed by atoms with E-state index in [2.05, 4.69) is 110 Å². The first-order chi connectivity index (χ1) is 17.1. The maximum absolute atomic E-state index is 3.73. The van der Waals surface area contributed by atoms with Crippen molar-refractivity contribution in [3.63, 3.8) is 0 Å². The molecule has 0 radical (unpaired) electrons. The maximum atomic E-state index is 3.73. The number of nitrogens with one attached hydrogen (secondary N) is 1. The molecule has 3 atom stereocenters. The topological polar surface area (TPSA) is 12.0 Å². The van der Waals surface area contributed by atoms with Gasteiger partial charge in [-0.1, -0.05) is 87.0 Å². The average molecular weight is 456 g/mol. The third kappa shape index (κ3) is 3.36. The van der Waals surface area contributed by atoms with Crippen molar-refractivity contribution in [2.45, 2.75) is 50.9 Å². The van der Waals surface area contributed by atoms with Crippen molar-refractivity contribution in [3.05, 3.63) is 108 Å². The van der Waals surface area contributed by atoms with Crippen molar-refractivity contribution in [3.8, 4) is 22.3 Å². The highest BCUT2D eigenvalue weighted by Crippen LogP contribution is 2.53. The highest BCUT2D eigenvalue weighted by atomic mass is 14.9. The summed E-state index contributed by atoms with van der Waals surface area (Å²) in [5.41, 5.74) is 12.0. The van der Waals surface area contributed by atoms with E-state index < -0.39 is 0 Å². The summed E-state index contributed by atoms with van der Waals surface area (Å²) in [7, 11) is 0. The van der Waals surface area contributed by atoms with Crippen LogP contribution < -0.4 is 5.32 Å². The summed E-state index contributed by atoms with van der Waals surface area (Å²) in [5.74, 6) is 2.70. The summed E-state index contributed by atoms with van der Waals surface area (Å²) in [6.07, 6.45) is 5.76. The van der Waals surface area contributed by atoms with Gasteiger partial charge in [0.05, 0.1) is 0 Å². The van der Waals surface area contributed by atoms with Crippen molar-refractivity contribution < 1.29 is 0 Å². The van der Waals surface area contributed by atoms with Gasteiger partial charge in [-0.2, -0.15) is 0 Å². The van der Waals surface area contributed by atoms with Gasteiger partial charge in [0.2, 0.25) is 0 Å². The Bertz CT molecular complexity index is 1410. The molecule has 2 saturated carbocycles. The molecule has 3 unspecified atom stereocenters. The number of benzene rings is 4. The second kappa shape index (κ2) is 7.85. The zero-order valence-corrected chi connectivity index (χ0v) is 20.7. The van der Waals surface area contributed by atoms with Gasteiger partial charge < -0.3 is 5.32 Å². The molecular weight excluding hydrogens is 422 g/mol. The monoisotopic (exact) mass is 455 g/mol. The summed E-state index contributed by atoms with van der Waals surface area (Å²) < 4.78 is 0. The van der Waals surface area contributed by atoms with E-state index in [1.54, 1.807) is 0 Å². The van der Waals surface area contributed by atoms with Gasteiger partial charge in [0.1, 0.15) is 0 Å². The molecule has 0 aromatic heterocycles. The average Bonchev–Trinajstić information content (AvgIpc) is 3.58. The van der Waals surface area contributed by atoms with Crippen LogP contribution in [0.3, 0.4) is 0 Å². The standard InChI is InChI=1S/C34H33N/c1-34(2)31-9-5-3-8-28(31)29-18-15-25(21-32(29)34)27-7-4-6-10-33(27)35-26-16-13-23(14-17-26)30-20-22-11-12-24(30)19-22/h3-10,13-18,21-22,24,30,35H,11-12,19-20H2,1-2H3. The molecule has 1 nitrogen and oxygen atoms in total. The molecular formula is C34H33N. The molecule has 3 aliphatic carbocycles. The molecule has 1 N–H and O–H groups in total. The molecule has 7 rings (SSSR count). The predicted molar refractivity (Wildman–Crippen MR) is 147 cm³/mol. The molecule has 4 aromatic carbocycles. The van der Waals surface area contributed by atoms with Crippen LogP contribution in [0.25, 0.3) is 22.3 Å². The van der Waals surface area contributed by atoms with E-state index in [0.717, 1.165) is 23.4 Å². The molecule has 1 heteroatoms. The molecule has 0 heterocycles. The smallest absolute Gasteiger partial charge is 0.0463 e. The number of hydrogen-bond acceptors (Lipinski definition) is 1. The van der Waals surface area contributed by atoms with E-state index >= 15 is 0 Å². The van der Waals surface area contributed by atoms with Crippen LogP contribution in [0.15, 0.2) is 91.0 Å². The third-order valence-electron chi connectivity index (χ3n) is 9.18. The van der Waals surface area contributed by atoms with Crippen LogP contribution in [0.4, 0.5) is 11.4 Å². The highest BCUT2D eigenvalue weighted by molar-refractivity contribution is 5.87. The van der Waals surface area contributed by atoms with E-state index in [4.69, 9.17) is 0 Å². The van der Waals surface area contributed by atoms with Crippen LogP contribution in [0, 0.1) is 11.8 Å². The molecule has 0 amide bonds. The number of anilines is 2. The fourth-order valence-corrected chi connectivity index (χ4v) is 7.34. The van der Waals surface area contributed by atoms with Crippen molar-refractivity contribution in [1.82, 2.24) is 0 Å². The Morgan fingerprint density at radius 3 is 2.20 bits per heavy atom. The maximum Gasteiger partial charge on any atom is 0.0463 e. The van der Waals surface area contributed by atoms with Crippen LogP contribution >= 0.6 is 0 Å². The van der Waals surface area contributed by atoms with Crippen molar-refractivity contribution in [1.29, 1.82) is 0 Å². The Labute approximate surface area is 209 Å².